The highest BCUT2D eigenvalue weighted by Crippen LogP contribution is 2.36. The first-order valence-electron chi connectivity index (χ1n) is 13.5. The first-order valence-corrected chi connectivity index (χ1v) is 14.4. The number of aromatic nitrogens is 3. The summed E-state index contributed by atoms with van der Waals surface area (Å²) < 4.78 is 5.81. The molecule has 9 heteroatoms. The minimum absolute atomic E-state index is 0.0445. The van der Waals surface area contributed by atoms with E-state index in [9.17, 15) is 0 Å². The number of fused-ring (bicyclic) bond motifs is 1. The Labute approximate surface area is 235 Å². The van der Waals surface area contributed by atoms with Crippen LogP contribution in [0.3, 0.4) is 0 Å². The summed E-state index contributed by atoms with van der Waals surface area (Å²) in [5, 5.41) is 10.0. The molecule has 1 aromatic carbocycles. The standard InChI is InChI=1S/C30H39N7OS/c1-19-18-39-28-26(19)27(33-25-10-8-9-24(32-25)30(2,3)4)34-29(35-28)31-20-11-12-22(23(17-20)38-7)37-15-13-21(14-16-37)36(5)6/h8-12,17-18,21H,13-16H2,1-7H3,(H2,31,32,33,34,35). The van der Waals surface area contributed by atoms with Gasteiger partial charge in [0.1, 0.15) is 22.2 Å². The van der Waals surface area contributed by atoms with E-state index >= 15 is 0 Å². The number of anilines is 5. The van der Waals surface area contributed by atoms with E-state index in [1.54, 1.807) is 18.4 Å². The summed E-state index contributed by atoms with van der Waals surface area (Å²) in [7, 11) is 6.06. The second-order valence-corrected chi connectivity index (χ2v) is 12.3. The molecule has 3 aromatic heterocycles. The van der Waals surface area contributed by atoms with Gasteiger partial charge in [-0.15, -0.1) is 11.3 Å². The highest BCUT2D eigenvalue weighted by Gasteiger charge is 2.23. The second-order valence-electron chi connectivity index (χ2n) is 11.5. The predicted molar refractivity (Wildman–Crippen MR) is 164 cm³/mol. The topological polar surface area (TPSA) is 78.4 Å². The fourth-order valence-corrected chi connectivity index (χ4v) is 5.96. The largest absolute Gasteiger partial charge is 0.495 e. The number of nitrogens with one attached hydrogen (secondary N) is 2. The number of rotatable bonds is 7. The van der Waals surface area contributed by atoms with Crippen LogP contribution in [0.15, 0.2) is 41.8 Å². The molecule has 4 aromatic rings. The van der Waals surface area contributed by atoms with Gasteiger partial charge in [-0.05, 0) is 69.1 Å². The molecule has 206 valence electrons. The first-order chi connectivity index (χ1) is 18.6. The Bertz CT molecular complexity index is 1450. The van der Waals surface area contributed by atoms with Gasteiger partial charge in [0.15, 0.2) is 0 Å². The van der Waals surface area contributed by atoms with E-state index in [1.807, 2.05) is 18.2 Å². The van der Waals surface area contributed by atoms with Crippen LogP contribution in [0.4, 0.5) is 29.0 Å². The molecule has 0 aliphatic carbocycles. The molecular weight excluding hydrogens is 506 g/mol. The molecule has 0 radical (unpaired) electrons. The van der Waals surface area contributed by atoms with Crippen molar-refractivity contribution < 1.29 is 4.74 Å². The monoisotopic (exact) mass is 545 g/mol. The van der Waals surface area contributed by atoms with Crippen molar-refractivity contribution in [1.82, 2.24) is 19.9 Å². The van der Waals surface area contributed by atoms with E-state index < -0.39 is 0 Å². The lowest BCUT2D eigenvalue weighted by molar-refractivity contribution is 0.249. The number of methoxy groups -OCH3 is 1. The van der Waals surface area contributed by atoms with Crippen LogP contribution in [0.5, 0.6) is 5.75 Å². The fourth-order valence-electron chi connectivity index (χ4n) is 5.04. The Hall–Kier alpha value is -3.43. The molecule has 0 saturated carbocycles. The van der Waals surface area contributed by atoms with Crippen LogP contribution in [0.25, 0.3) is 10.2 Å². The van der Waals surface area contributed by atoms with Crippen LogP contribution in [-0.2, 0) is 5.41 Å². The van der Waals surface area contributed by atoms with Crippen LogP contribution in [0.1, 0.15) is 44.9 Å². The van der Waals surface area contributed by atoms with Crippen molar-refractivity contribution in [3.63, 3.8) is 0 Å². The van der Waals surface area contributed by atoms with Crippen LogP contribution >= 0.6 is 11.3 Å². The summed E-state index contributed by atoms with van der Waals surface area (Å²) in [5.74, 6) is 2.88. The maximum absolute atomic E-state index is 5.81. The van der Waals surface area contributed by atoms with Crippen molar-refractivity contribution in [3.05, 3.63) is 53.0 Å². The molecule has 4 heterocycles. The van der Waals surface area contributed by atoms with Crippen molar-refractivity contribution in [2.24, 2.45) is 0 Å². The van der Waals surface area contributed by atoms with Gasteiger partial charge < -0.3 is 25.2 Å². The number of pyridine rings is 1. The maximum atomic E-state index is 5.81. The Morgan fingerprint density at radius 2 is 1.79 bits per heavy atom. The molecule has 39 heavy (non-hydrogen) atoms. The zero-order valence-corrected chi connectivity index (χ0v) is 24.8. The van der Waals surface area contributed by atoms with Crippen LogP contribution in [-0.4, -0.2) is 60.2 Å². The Morgan fingerprint density at radius 1 is 1.03 bits per heavy atom. The third-order valence-electron chi connectivity index (χ3n) is 7.35. The molecule has 0 atom stereocenters. The summed E-state index contributed by atoms with van der Waals surface area (Å²) in [6.45, 7) is 10.6. The number of aryl methyl sites for hydroxylation is 1. The zero-order chi connectivity index (χ0) is 27.7. The molecule has 1 aliphatic rings. The number of hydrogen-bond acceptors (Lipinski definition) is 9. The molecule has 2 N–H and O–H groups in total. The smallest absolute Gasteiger partial charge is 0.230 e. The molecule has 1 fully saturated rings. The number of hydrogen-bond donors (Lipinski definition) is 2. The van der Waals surface area contributed by atoms with E-state index in [2.05, 4.69) is 85.8 Å². The van der Waals surface area contributed by atoms with Crippen molar-refractivity contribution >= 4 is 50.5 Å². The van der Waals surface area contributed by atoms with Crippen molar-refractivity contribution in [3.8, 4) is 5.75 Å². The Morgan fingerprint density at radius 3 is 2.49 bits per heavy atom. The van der Waals surface area contributed by atoms with Gasteiger partial charge in [0.25, 0.3) is 0 Å². The minimum Gasteiger partial charge on any atom is -0.495 e. The van der Waals surface area contributed by atoms with Gasteiger partial charge in [0.2, 0.25) is 5.95 Å². The first kappa shape index (κ1) is 27.1. The Kier molecular flexibility index (Phi) is 7.64. The van der Waals surface area contributed by atoms with Crippen LogP contribution < -0.4 is 20.3 Å². The van der Waals surface area contributed by atoms with E-state index in [4.69, 9.17) is 19.7 Å². The molecule has 0 amide bonds. The second kappa shape index (κ2) is 11.0. The summed E-state index contributed by atoms with van der Waals surface area (Å²) in [5.41, 5.74) is 4.12. The highest BCUT2D eigenvalue weighted by atomic mass is 32.1. The zero-order valence-electron chi connectivity index (χ0n) is 24.0. The molecule has 0 unspecified atom stereocenters. The number of piperidine rings is 1. The third kappa shape index (κ3) is 5.94. The van der Waals surface area contributed by atoms with Crippen molar-refractivity contribution in [2.45, 2.75) is 52.0 Å². The van der Waals surface area contributed by atoms with Crippen LogP contribution in [0.2, 0.25) is 0 Å². The summed E-state index contributed by atoms with van der Waals surface area (Å²) in [6.07, 6.45) is 2.29. The fraction of sp³-hybridized carbons (Fsp3) is 0.433. The maximum Gasteiger partial charge on any atom is 0.230 e. The highest BCUT2D eigenvalue weighted by molar-refractivity contribution is 7.17. The summed E-state index contributed by atoms with van der Waals surface area (Å²) in [6, 6.07) is 12.9. The summed E-state index contributed by atoms with van der Waals surface area (Å²) >= 11 is 1.62. The lowest BCUT2D eigenvalue weighted by Crippen LogP contribution is -2.42. The lowest BCUT2D eigenvalue weighted by atomic mass is 9.92. The molecular formula is C30H39N7OS. The summed E-state index contributed by atoms with van der Waals surface area (Å²) in [4.78, 5) is 20.2. The average Bonchev–Trinajstić information content (AvgIpc) is 3.29. The van der Waals surface area contributed by atoms with Gasteiger partial charge in [0.05, 0.1) is 18.2 Å². The molecule has 8 nitrogen and oxygen atoms in total. The third-order valence-corrected chi connectivity index (χ3v) is 8.34. The average molecular weight is 546 g/mol. The van der Waals surface area contributed by atoms with Gasteiger partial charge >= 0.3 is 0 Å². The quantitative estimate of drug-likeness (QED) is 0.265. The lowest BCUT2D eigenvalue weighted by Gasteiger charge is -2.37. The number of nitrogens with zero attached hydrogens (tertiary/aromatic N) is 5. The van der Waals surface area contributed by atoms with Crippen molar-refractivity contribution in [2.75, 3.05) is 49.8 Å². The normalized spacial score (nSPS) is 14.7. The van der Waals surface area contributed by atoms with Crippen LogP contribution in [0, 0.1) is 6.92 Å². The number of benzene rings is 1. The van der Waals surface area contributed by atoms with Gasteiger partial charge in [-0.2, -0.15) is 4.98 Å². The minimum atomic E-state index is -0.0445. The van der Waals surface area contributed by atoms with Gasteiger partial charge in [0, 0.05) is 42.0 Å². The van der Waals surface area contributed by atoms with E-state index in [-0.39, 0.29) is 5.41 Å². The molecule has 0 bridgehead atoms. The van der Waals surface area contributed by atoms with Gasteiger partial charge in [-0.25, -0.2) is 9.97 Å². The molecule has 0 spiro atoms. The Balaban J connectivity index is 1.41. The van der Waals surface area contributed by atoms with Gasteiger partial charge in [-0.1, -0.05) is 26.8 Å². The molecule has 1 saturated heterocycles. The van der Waals surface area contributed by atoms with Gasteiger partial charge in [-0.3, -0.25) is 0 Å². The predicted octanol–water partition coefficient (Wildman–Crippen LogP) is 6.72. The van der Waals surface area contributed by atoms with E-state index in [0.29, 0.717) is 12.0 Å². The van der Waals surface area contributed by atoms with E-state index in [1.165, 1.54) is 0 Å². The molecule has 1 aliphatic heterocycles. The van der Waals surface area contributed by atoms with E-state index in [0.717, 1.165) is 76.2 Å². The number of thiophene rings is 1. The SMILES string of the molecule is COc1cc(Nc2nc(Nc3cccc(C(C)(C)C)n3)c3c(C)csc3n2)ccc1N1CCC(N(C)C)CC1. The molecule has 5 rings (SSSR count). The van der Waals surface area contributed by atoms with Crippen molar-refractivity contribution in [1.29, 1.82) is 0 Å². The number of ether oxygens (including phenoxy) is 1.